The molecule has 80 valence electrons. The van der Waals surface area contributed by atoms with Crippen molar-refractivity contribution in [3.05, 3.63) is 34.1 Å². The van der Waals surface area contributed by atoms with Gasteiger partial charge in [0.2, 0.25) is 0 Å². The molecule has 0 amide bonds. The predicted molar refractivity (Wildman–Crippen MR) is 55.7 cm³/mol. The molecule has 1 saturated carbocycles. The highest BCUT2D eigenvalue weighted by atomic mass is 16.6. The smallest absolute Gasteiger partial charge is 0.277 e. The molecular formula is C11H8N2O3. The maximum atomic E-state index is 11.5. The minimum atomic E-state index is -0.558. The number of Topliss-reactive ketones (excluding diaryl/α,β-unsaturated/α-hetero) is 1. The molecule has 0 spiro atoms. The summed E-state index contributed by atoms with van der Waals surface area (Å²) in [6.07, 6.45) is 3.16. The lowest BCUT2D eigenvalue weighted by atomic mass is 10.2. The number of nitrogens with zero attached hydrogens (tertiary/aromatic N) is 2. The van der Waals surface area contributed by atoms with Crippen molar-refractivity contribution in [1.29, 1.82) is 0 Å². The first-order chi connectivity index (χ1) is 7.66. The van der Waals surface area contributed by atoms with Gasteiger partial charge in [-0.1, -0.05) is 5.92 Å². The quantitative estimate of drug-likeness (QED) is 0.247. The number of carbonyl (C=O) groups is 1. The standard InChI is InChI=1S/C11H8N2O3/c14-11(6-3-8-1-2-8)10-5-4-9(7-12-10)13(15)16/h4-5,7-8H,1-2H2. The van der Waals surface area contributed by atoms with Crippen molar-refractivity contribution in [2.45, 2.75) is 12.8 Å². The Morgan fingerprint density at radius 1 is 1.50 bits per heavy atom. The summed E-state index contributed by atoms with van der Waals surface area (Å²) in [6.45, 7) is 0. The number of carbonyl (C=O) groups excluding carboxylic acids is 1. The largest absolute Gasteiger partial charge is 0.287 e. The van der Waals surface area contributed by atoms with Crippen molar-refractivity contribution in [3.8, 4) is 11.8 Å². The second-order valence-electron chi connectivity index (χ2n) is 3.53. The van der Waals surface area contributed by atoms with Gasteiger partial charge in [0, 0.05) is 12.0 Å². The molecule has 1 aromatic heterocycles. The van der Waals surface area contributed by atoms with E-state index in [2.05, 4.69) is 16.8 Å². The van der Waals surface area contributed by atoms with Crippen LogP contribution in [0.1, 0.15) is 23.3 Å². The molecule has 1 aromatic rings. The summed E-state index contributed by atoms with van der Waals surface area (Å²) in [5, 5.41) is 10.4. The predicted octanol–water partition coefficient (Wildman–Crippen LogP) is 1.59. The minimum Gasteiger partial charge on any atom is -0.277 e. The normalized spacial score (nSPS) is 13.8. The summed E-state index contributed by atoms with van der Waals surface area (Å²) < 4.78 is 0. The van der Waals surface area contributed by atoms with Gasteiger partial charge in [-0.25, -0.2) is 4.98 Å². The van der Waals surface area contributed by atoms with Crippen LogP contribution in [-0.2, 0) is 0 Å². The van der Waals surface area contributed by atoms with Gasteiger partial charge < -0.3 is 0 Å². The average Bonchev–Trinajstić information content (AvgIpc) is 3.10. The number of aromatic nitrogens is 1. The van der Waals surface area contributed by atoms with E-state index in [1.54, 1.807) is 0 Å². The molecule has 5 nitrogen and oxygen atoms in total. The van der Waals surface area contributed by atoms with E-state index < -0.39 is 4.92 Å². The van der Waals surface area contributed by atoms with Crippen molar-refractivity contribution in [1.82, 2.24) is 4.98 Å². The fourth-order valence-electron chi connectivity index (χ4n) is 1.09. The maximum Gasteiger partial charge on any atom is 0.287 e. The Morgan fingerprint density at radius 2 is 2.25 bits per heavy atom. The molecule has 0 radical (unpaired) electrons. The van der Waals surface area contributed by atoms with Crippen LogP contribution in [-0.4, -0.2) is 15.7 Å². The second-order valence-corrected chi connectivity index (χ2v) is 3.53. The van der Waals surface area contributed by atoms with E-state index in [1.165, 1.54) is 12.1 Å². The third kappa shape index (κ3) is 2.42. The molecule has 0 N–H and O–H groups in total. The number of pyridine rings is 1. The third-order valence-corrected chi connectivity index (χ3v) is 2.16. The van der Waals surface area contributed by atoms with Gasteiger partial charge in [0.15, 0.2) is 0 Å². The molecule has 0 unspecified atom stereocenters. The van der Waals surface area contributed by atoms with Gasteiger partial charge in [0.1, 0.15) is 11.9 Å². The number of hydrogen-bond donors (Lipinski definition) is 0. The van der Waals surface area contributed by atoms with Crippen LogP contribution in [0.2, 0.25) is 0 Å². The minimum absolute atomic E-state index is 0.133. The molecule has 0 aliphatic heterocycles. The Labute approximate surface area is 91.6 Å². The molecule has 2 rings (SSSR count). The Balaban J connectivity index is 2.12. The van der Waals surface area contributed by atoms with Crippen molar-refractivity contribution in [2.75, 3.05) is 0 Å². The first-order valence-electron chi connectivity index (χ1n) is 4.83. The van der Waals surface area contributed by atoms with Crippen LogP contribution in [0, 0.1) is 27.9 Å². The summed E-state index contributed by atoms with van der Waals surface area (Å²) >= 11 is 0. The summed E-state index contributed by atoms with van der Waals surface area (Å²) in [5.74, 6) is 5.27. The van der Waals surface area contributed by atoms with E-state index >= 15 is 0 Å². The number of hydrogen-bond acceptors (Lipinski definition) is 4. The fourth-order valence-corrected chi connectivity index (χ4v) is 1.09. The van der Waals surface area contributed by atoms with Crippen LogP contribution in [0.5, 0.6) is 0 Å². The van der Waals surface area contributed by atoms with Gasteiger partial charge in [-0.15, -0.1) is 0 Å². The van der Waals surface area contributed by atoms with Crippen LogP contribution in [0.4, 0.5) is 5.69 Å². The maximum absolute atomic E-state index is 11.5. The summed E-state index contributed by atoms with van der Waals surface area (Å²) in [5.41, 5.74) is 0.0189. The number of rotatable bonds is 2. The molecule has 0 aromatic carbocycles. The zero-order chi connectivity index (χ0) is 11.5. The highest BCUT2D eigenvalue weighted by Crippen LogP contribution is 2.27. The highest BCUT2D eigenvalue weighted by molar-refractivity contribution is 6.07. The molecule has 1 fully saturated rings. The van der Waals surface area contributed by atoms with Crippen molar-refractivity contribution in [3.63, 3.8) is 0 Å². The number of nitro groups is 1. The molecule has 1 heterocycles. The van der Waals surface area contributed by atoms with E-state index in [9.17, 15) is 14.9 Å². The van der Waals surface area contributed by atoms with Gasteiger partial charge in [-0.05, 0) is 24.8 Å². The SMILES string of the molecule is O=C(C#CC1CC1)c1ccc([N+](=O)[O-])cn1. The molecule has 0 bridgehead atoms. The second kappa shape index (κ2) is 4.11. The molecule has 1 aliphatic rings. The summed E-state index contributed by atoms with van der Waals surface area (Å²) in [6, 6.07) is 2.57. The van der Waals surface area contributed by atoms with E-state index in [0.29, 0.717) is 5.92 Å². The Morgan fingerprint density at radius 3 is 2.75 bits per heavy atom. The van der Waals surface area contributed by atoms with Gasteiger partial charge in [0.05, 0.1) is 4.92 Å². The van der Waals surface area contributed by atoms with Crippen LogP contribution in [0.15, 0.2) is 18.3 Å². The fraction of sp³-hybridized carbons (Fsp3) is 0.273. The van der Waals surface area contributed by atoms with E-state index in [4.69, 9.17) is 0 Å². The molecule has 16 heavy (non-hydrogen) atoms. The Hall–Kier alpha value is -2.22. The van der Waals surface area contributed by atoms with Gasteiger partial charge in [-0.2, -0.15) is 0 Å². The zero-order valence-corrected chi connectivity index (χ0v) is 8.34. The van der Waals surface area contributed by atoms with Crippen LogP contribution < -0.4 is 0 Å². The van der Waals surface area contributed by atoms with Crippen LogP contribution in [0.3, 0.4) is 0 Å². The molecular weight excluding hydrogens is 208 g/mol. The first kappa shape index (κ1) is 10.3. The molecule has 5 heteroatoms. The van der Waals surface area contributed by atoms with E-state index in [0.717, 1.165) is 19.0 Å². The van der Waals surface area contributed by atoms with Crippen LogP contribution in [0.25, 0.3) is 0 Å². The lowest BCUT2D eigenvalue weighted by Crippen LogP contribution is -1.99. The number of ketones is 1. The highest BCUT2D eigenvalue weighted by Gasteiger charge is 2.18. The Kier molecular flexibility index (Phi) is 2.64. The van der Waals surface area contributed by atoms with Crippen molar-refractivity contribution >= 4 is 11.5 Å². The van der Waals surface area contributed by atoms with E-state index in [1.807, 2.05) is 0 Å². The van der Waals surface area contributed by atoms with Crippen molar-refractivity contribution < 1.29 is 9.72 Å². The van der Waals surface area contributed by atoms with Gasteiger partial charge in [0.25, 0.3) is 11.5 Å². The molecule has 1 aliphatic carbocycles. The summed E-state index contributed by atoms with van der Waals surface area (Å²) in [7, 11) is 0. The summed E-state index contributed by atoms with van der Waals surface area (Å²) in [4.78, 5) is 25.0. The lowest BCUT2D eigenvalue weighted by molar-refractivity contribution is -0.385. The lowest BCUT2D eigenvalue weighted by Gasteiger charge is -1.92. The first-order valence-corrected chi connectivity index (χ1v) is 4.83. The monoisotopic (exact) mass is 216 g/mol. The molecule has 0 atom stereocenters. The van der Waals surface area contributed by atoms with E-state index in [-0.39, 0.29) is 17.2 Å². The van der Waals surface area contributed by atoms with Crippen molar-refractivity contribution in [2.24, 2.45) is 5.92 Å². The molecule has 0 saturated heterocycles. The van der Waals surface area contributed by atoms with Gasteiger partial charge >= 0.3 is 0 Å². The average molecular weight is 216 g/mol. The Bertz CT molecular complexity index is 492. The third-order valence-electron chi connectivity index (χ3n) is 2.16. The topological polar surface area (TPSA) is 73.1 Å². The van der Waals surface area contributed by atoms with Crippen LogP contribution >= 0.6 is 0 Å². The zero-order valence-electron chi connectivity index (χ0n) is 8.34. The van der Waals surface area contributed by atoms with Gasteiger partial charge in [-0.3, -0.25) is 14.9 Å².